The third kappa shape index (κ3) is 2.27. The van der Waals surface area contributed by atoms with Gasteiger partial charge in [0.15, 0.2) is 0 Å². The smallest absolute Gasteiger partial charge is 0.244 e. The van der Waals surface area contributed by atoms with Crippen LogP contribution < -0.4 is 5.32 Å². The lowest BCUT2D eigenvalue weighted by Gasteiger charge is -2.13. The van der Waals surface area contributed by atoms with Gasteiger partial charge in [0.1, 0.15) is 22.8 Å². The summed E-state index contributed by atoms with van der Waals surface area (Å²) in [4.78, 5) is 22.2. The summed E-state index contributed by atoms with van der Waals surface area (Å²) in [6, 6.07) is 1.49. The van der Waals surface area contributed by atoms with E-state index >= 15 is 0 Å². The Hall–Kier alpha value is -1.36. The van der Waals surface area contributed by atoms with Gasteiger partial charge in [0, 0.05) is 25.6 Å². The molecule has 1 amide bonds. The van der Waals surface area contributed by atoms with Gasteiger partial charge < -0.3 is 10.2 Å². The van der Waals surface area contributed by atoms with E-state index in [0.29, 0.717) is 16.9 Å². The highest BCUT2D eigenvalue weighted by atomic mass is 35.5. The van der Waals surface area contributed by atoms with Gasteiger partial charge in [-0.1, -0.05) is 11.6 Å². The maximum atomic E-state index is 11.8. The fourth-order valence-electron chi connectivity index (χ4n) is 2.17. The maximum absolute atomic E-state index is 11.8. The number of carbonyl (C=O) groups excluding carboxylic acids is 1. The van der Waals surface area contributed by atoms with Gasteiger partial charge in [0.05, 0.1) is 0 Å². The molecule has 1 aromatic rings. The standard InChI is InChI=1S/C12H15ClN4O/c1-17-5-4-8(12(17)18)14-10-6-9(13)15-11(16-10)7-2-3-7/h6-8H,2-5H2,1H3,(H,14,15,16). The average molecular weight is 267 g/mol. The summed E-state index contributed by atoms with van der Waals surface area (Å²) in [7, 11) is 1.81. The van der Waals surface area contributed by atoms with Gasteiger partial charge in [-0.3, -0.25) is 4.79 Å². The van der Waals surface area contributed by atoms with Crippen LogP contribution in [0.15, 0.2) is 6.07 Å². The number of hydrogen-bond donors (Lipinski definition) is 1. The van der Waals surface area contributed by atoms with Crippen molar-refractivity contribution < 1.29 is 4.79 Å². The van der Waals surface area contributed by atoms with Crippen LogP contribution in [0.25, 0.3) is 0 Å². The highest BCUT2D eigenvalue weighted by molar-refractivity contribution is 6.29. The monoisotopic (exact) mass is 266 g/mol. The molecule has 1 saturated carbocycles. The molecule has 0 bridgehead atoms. The van der Waals surface area contributed by atoms with E-state index in [1.165, 1.54) is 0 Å². The van der Waals surface area contributed by atoms with Crippen molar-refractivity contribution in [2.24, 2.45) is 0 Å². The van der Waals surface area contributed by atoms with Gasteiger partial charge in [-0.15, -0.1) is 0 Å². The topological polar surface area (TPSA) is 58.1 Å². The zero-order valence-electron chi connectivity index (χ0n) is 10.2. The molecule has 0 spiro atoms. The van der Waals surface area contributed by atoms with E-state index in [0.717, 1.165) is 31.6 Å². The minimum Gasteiger partial charge on any atom is -0.358 e. The predicted octanol–water partition coefficient (Wildman–Crippen LogP) is 1.65. The molecule has 2 heterocycles. The summed E-state index contributed by atoms with van der Waals surface area (Å²) < 4.78 is 0. The lowest BCUT2D eigenvalue weighted by Crippen LogP contribution is -2.31. The number of likely N-dealkylation sites (tertiary alicyclic amines) is 1. The second kappa shape index (κ2) is 4.39. The number of hydrogen-bond acceptors (Lipinski definition) is 4. The van der Waals surface area contributed by atoms with Crippen molar-refractivity contribution in [3.8, 4) is 0 Å². The molecule has 1 saturated heterocycles. The molecular weight excluding hydrogens is 252 g/mol. The van der Waals surface area contributed by atoms with Crippen molar-refractivity contribution in [2.45, 2.75) is 31.2 Å². The number of rotatable bonds is 3. The van der Waals surface area contributed by atoms with Gasteiger partial charge in [-0.25, -0.2) is 9.97 Å². The molecular formula is C12H15ClN4O. The first kappa shape index (κ1) is 11.7. The number of halogens is 1. The number of aromatic nitrogens is 2. The zero-order valence-corrected chi connectivity index (χ0v) is 10.9. The summed E-state index contributed by atoms with van der Waals surface area (Å²) in [6.45, 7) is 0.783. The third-order valence-electron chi connectivity index (χ3n) is 3.40. The summed E-state index contributed by atoms with van der Waals surface area (Å²) in [5.41, 5.74) is 0. The summed E-state index contributed by atoms with van der Waals surface area (Å²) in [6.07, 6.45) is 3.06. The second-order valence-corrected chi connectivity index (χ2v) is 5.34. The van der Waals surface area contributed by atoms with Crippen LogP contribution in [0.2, 0.25) is 5.15 Å². The molecule has 18 heavy (non-hydrogen) atoms. The Labute approximate surface area is 111 Å². The minimum atomic E-state index is -0.187. The summed E-state index contributed by atoms with van der Waals surface area (Å²) in [5, 5.41) is 3.60. The molecule has 1 aliphatic carbocycles. The molecule has 1 unspecified atom stereocenters. The second-order valence-electron chi connectivity index (χ2n) is 4.95. The summed E-state index contributed by atoms with van der Waals surface area (Å²) >= 11 is 5.99. The van der Waals surface area contributed by atoms with Gasteiger partial charge >= 0.3 is 0 Å². The summed E-state index contributed by atoms with van der Waals surface area (Å²) in [5.74, 6) is 2.01. The number of carbonyl (C=O) groups is 1. The molecule has 2 fully saturated rings. The van der Waals surface area contributed by atoms with Crippen molar-refractivity contribution in [2.75, 3.05) is 18.9 Å². The van der Waals surface area contributed by atoms with Gasteiger partial charge in [-0.05, 0) is 19.3 Å². The van der Waals surface area contributed by atoms with E-state index in [-0.39, 0.29) is 11.9 Å². The first-order chi connectivity index (χ1) is 8.63. The van der Waals surface area contributed by atoms with E-state index in [1.54, 1.807) is 11.0 Å². The lowest BCUT2D eigenvalue weighted by molar-refractivity contribution is -0.127. The van der Waals surface area contributed by atoms with Crippen LogP contribution in [-0.4, -0.2) is 40.4 Å². The van der Waals surface area contributed by atoms with E-state index in [1.807, 2.05) is 7.05 Å². The molecule has 3 rings (SSSR count). The normalized spacial score (nSPS) is 23.6. The van der Waals surface area contributed by atoms with Crippen LogP contribution >= 0.6 is 11.6 Å². The van der Waals surface area contributed by atoms with Crippen LogP contribution in [0.1, 0.15) is 31.0 Å². The number of amides is 1. The van der Waals surface area contributed by atoms with E-state index in [4.69, 9.17) is 11.6 Å². The van der Waals surface area contributed by atoms with Crippen LogP contribution in [0.4, 0.5) is 5.82 Å². The molecule has 0 aromatic carbocycles. The first-order valence-corrected chi connectivity index (χ1v) is 6.57. The highest BCUT2D eigenvalue weighted by Crippen LogP contribution is 2.38. The molecule has 1 atom stereocenters. The minimum absolute atomic E-state index is 0.109. The molecule has 96 valence electrons. The molecule has 1 aromatic heterocycles. The van der Waals surface area contributed by atoms with Crippen molar-refractivity contribution >= 4 is 23.3 Å². The van der Waals surface area contributed by atoms with Crippen molar-refractivity contribution in [1.29, 1.82) is 0 Å². The average Bonchev–Trinajstić information content (AvgIpc) is 3.12. The fraction of sp³-hybridized carbons (Fsp3) is 0.583. The Morgan fingerprint density at radius 1 is 1.39 bits per heavy atom. The van der Waals surface area contributed by atoms with E-state index < -0.39 is 0 Å². The SMILES string of the molecule is CN1CCC(Nc2cc(Cl)nc(C3CC3)n2)C1=O. The molecule has 5 nitrogen and oxygen atoms in total. The highest BCUT2D eigenvalue weighted by Gasteiger charge is 2.30. The van der Waals surface area contributed by atoms with E-state index in [9.17, 15) is 4.79 Å². The zero-order chi connectivity index (χ0) is 12.7. The number of nitrogens with zero attached hydrogens (tertiary/aromatic N) is 3. The number of likely N-dealkylation sites (N-methyl/N-ethyl adjacent to an activating group) is 1. The molecule has 6 heteroatoms. The lowest BCUT2D eigenvalue weighted by atomic mass is 10.2. The van der Waals surface area contributed by atoms with E-state index in [2.05, 4.69) is 15.3 Å². The largest absolute Gasteiger partial charge is 0.358 e. The Morgan fingerprint density at radius 3 is 2.78 bits per heavy atom. The molecule has 2 aliphatic rings. The van der Waals surface area contributed by atoms with Gasteiger partial charge in [0.25, 0.3) is 0 Å². The van der Waals surface area contributed by atoms with Crippen LogP contribution in [0.3, 0.4) is 0 Å². The third-order valence-corrected chi connectivity index (χ3v) is 3.60. The van der Waals surface area contributed by atoms with Crippen molar-refractivity contribution in [3.05, 3.63) is 17.0 Å². The molecule has 1 N–H and O–H groups in total. The Kier molecular flexibility index (Phi) is 2.86. The van der Waals surface area contributed by atoms with Crippen molar-refractivity contribution in [1.82, 2.24) is 14.9 Å². The quantitative estimate of drug-likeness (QED) is 0.846. The predicted molar refractivity (Wildman–Crippen MR) is 68.7 cm³/mol. The van der Waals surface area contributed by atoms with Crippen LogP contribution in [-0.2, 0) is 4.79 Å². The van der Waals surface area contributed by atoms with Gasteiger partial charge in [-0.2, -0.15) is 0 Å². The van der Waals surface area contributed by atoms with Crippen LogP contribution in [0.5, 0.6) is 0 Å². The Morgan fingerprint density at radius 2 is 2.17 bits per heavy atom. The van der Waals surface area contributed by atoms with Gasteiger partial charge in [0.2, 0.25) is 5.91 Å². The number of nitrogens with one attached hydrogen (secondary N) is 1. The fourth-order valence-corrected chi connectivity index (χ4v) is 2.36. The maximum Gasteiger partial charge on any atom is 0.244 e. The Balaban J connectivity index is 1.78. The molecule has 0 radical (unpaired) electrons. The Bertz CT molecular complexity index is 489. The van der Waals surface area contributed by atoms with Crippen LogP contribution in [0, 0.1) is 0 Å². The number of anilines is 1. The first-order valence-electron chi connectivity index (χ1n) is 6.19. The molecule has 1 aliphatic heterocycles. The van der Waals surface area contributed by atoms with Crippen molar-refractivity contribution in [3.63, 3.8) is 0 Å².